The molecule has 1 aromatic rings. The molecule has 96 valence electrons. The minimum Gasteiger partial charge on any atom is -0.495 e. The standard InChI is InChI=1S/C16H20O2/c17-15(14-9-6-12-18-14)16(10-4-5-11-16)13-7-2-1-3-8-13/h1-3,7-9,15,17H,4-6,10-12H2. The molecule has 0 spiro atoms. The van der Waals surface area contributed by atoms with Crippen LogP contribution in [-0.2, 0) is 10.2 Å². The van der Waals surface area contributed by atoms with Gasteiger partial charge in [-0.1, -0.05) is 43.2 Å². The molecule has 1 unspecified atom stereocenters. The molecule has 0 amide bonds. The second kappa shape index (κ2) is 4.77. The van der Waals surface area contributed by atoms with Crippen LogP contribution in [0.4, 0.5) is 0 Å². The van der Waals surface area contributed by atoms with Crippen LogP contribution in [0.5, 0.6) is 0 Å². The number of hydrogen-bond acceptors (Lipinski definition) is 2. The minimum absolute atomic E-state index is 0.128. The van der Waals surface area contributed by atoms with Crippen molar-refractivity contribution in [3.63, 3.8) is 0 Å². The summed E-state index contributed by atoms with van der Waals surface area (Å²) in [6.07, 6.45) is 6.99. The summed E-state index contributed by atoms with van der Waals surface area (Å²) in [5.41, 5.74) is 1.13. The average Bonchev–Trinajstić information content (AvgIpc) is 3.11. The van der Waals surface area contributed by atoms with Gasteiger partial charge < -0.3 is 9.84 Å². The lowest BCUT2D eigenvalue weighted by Crippen LogP contribution is -2.38. The molecule has 1 N–H and O–H groups in total. The summed E-state index contributed by atoms with van der Waals surface area (Å²) >= 11 is 0. The first-order valence-corrected chi connectivity index (χ1v) is 6.89. The van der Waals surface area contributed by atoms with Crippen molar-refractivity contribution >= 4 is 0 Å². The smallest absolute Gasteiger partial charge is 0.122 e. The normalized spacial score (nSPS) is 23.5. The topological polar surface area (TPSA) is 29.5 Å². The van der Waals surface area contributed by atoms with Gasteiger partial charge in [0.2, 0.25) is 0 Å². The lowest BCUT2D eigenvalue weighted by atomic mass is 9.73. The van der Waals surface area contributed by atoms with Gasteiger partial charge in [0, 0.05) is 11.8 Å². The molecule has 1 aliphatic carbocycles. The van der Waals surface area contributed by atoms with Gasteiger partial charge in [0.05, 0.1) is 6.61 Å². The summed E-state index contributed by atoms with van der Waals surface area (Å²) in [5, 5.41) is 10.8. The molecule has 1 fully saturated rings. The fourth-order valence-corrected chi connectivity index (χ4v) is 3.40. The molecule has 0 aromatic heterocycles. The average molecular weight is 244 g/mol. The first-order valence-electron chi connectivity index (χ1n) is 6.89. The Balaban J connectivity index is 1.96. The van der Waals surface area contributed by atoms with E-state index in [0.717, 1.165) is 31.6 Å². The molecular formula is C16H20O2. The van der Waals surface area contributed by atoms with Crippen molar-refractivity contribution in [1.82, 2.24) is 0 Å². The van der Waals surface area contributed by atoms with E-state index >= 15 is 0 Å². The zero-order chi connectivity index (χ0) is 12.4. The highest BCUT2D eigenvalue weighted by atomic mass is 16.5. The van der Waals surface area contributed by atoms with Crippen molar-refractivity contribution in [2.24, 2.45) is 0 Å². The minimum atomic E-state index is -0.482. The maximum absolute atomic E-state index is 10.8. The SMILES string of the molecule is OC(C1=CCCO1)C1(c2ccccc2)CCCC1. The molecule has 1 atom stereocenters. The van der Waals surface area contributed by atoms with Gasteiger partial charge >= 0.3 is 0 Å². The molecule has 1 heterocycles. The number of benzene rings is 1. The monoisotopic (exact) mass is 244 g/mol. The van der Waals surface area contributed by atoms with Crippen LogP contribution < -0.4 is 0 Å². The summed E-state index contributed by atoms with van der Waals surface area (Å²) in [7, 11) is 0. The van der Waals surface area contributed by atoms with Crippen molar-refractivity contribution in [1.29, 1.82) is 0 Å². The quantitative estimate of drug-likeness (QED) is 0.885. The van der Waals surface area contributed by atoms with E-state index in [1.54, 1.807) is 0 Å². The second-order valence-electron chi connectivity index (χ2n) is 5.38. The number of rotatable bonds is 3. The molecule has 2 nitrogen and oxygen atoms in total. The molecule has 1 aromatic carbocycles. The van der Waals surface area contributed by atoms with Crippen LogP contribution in [0.3, 0.4) is 0 Å². The third-order valence-electron chi connectivity index (χ3n) is 4.37. The molecule has 2 aliphatic rings. The molecule has 0 bridgehead atoms. The van der Waals surface area contributed by atoms with Crippen molar-refractivity contribution in [2.45, 2.75) is 43.6 Å². The lowest BCUT2D eigenvalue weighted by molar-refractivity contribution is 0.0559. The molecule has 3 rings (SSSR count). The highest BCUT2D eigenvalue weighted by molar-refractivity contribution is 5.32. The van der Waals surface area contributed by atoms with Gasteiger partial charge in [-0.15, -0.1) is 0 Å². The molecule has 1 aliphatic heterocycles. The van der Waals surface area contributed by atoms with E-state index in [4.69, 9.17) is 4.74 Å². The van der Waals surface area contributed by atoms with Crippen LogP contribution in [0.25, 0.3) is 0 Å². The molecule has 18 heavy (non-hydrogen) atoms. The van der Waals surface area contributed by atoms with Gasteiger partial charge in [-0.3, -0.25) is 0 Å². The fourth-order valence-electron chi connectivity index (χ4n) is 3.40. The first-order chi connectivity index (χ1) is 8.83. The fraction of sp³-hybridized carbons (Fsp3) is 0.500. The Morgan fingerprint density at radius 1 is 1.11 bits per heavy atom. The van der Waals surface area contributed by atoms with Gasteiger partial charge in [-0.2, -0.15) is 0 Å². The van der Waals surface area contributed by atoms with Crippen molar-refractivity contribution < 1.29 is 9.84 Å². The van der Waals surface area contributed by atoms with E-state index in [2.05, 4.69) is 24.3 Å². The predicted molar refractivity (Wildman–Crippen MR) is 71.2 cm³/mol. The number of aliphatic hydroxyl groups is 1. The van der Waals surface area contributed by atoms with Crippen LogP contribution in [0.2, 0.25) is 0 Å². The molecule has 1 saturated carbocycles. The number of hydrogen-bond donors (Lipinski definition) is 1. The zero-order valence-corrected chi connectivity index (χ0v) is 10.6. The molecule has 2 heteroatoms. The molecule has 0 radical (unpaired) electrons. The maximum atomic E-state index is 10.8. The summed E-state index contributed by atoms with van der Waals surface area (Å²) in [6.45, 7) is 0.720. The zero-order valence-electron chi connectivity index (χ0n) is 10.6. The van der Waals surface area contributed by atoms with Gasteiger partial charge in [-0.05, 0) is 24.5 Å². The third kappa shape index (κ3) is 1.85. The summed E-state index contributed by atoms with van der Waals surface area (Å²) in [4.78, 5) is 0. The summed E-state index contributed by atoms with van der Waals surface area (Å²) < 4.78 is 5.58. The van der Waals surface area contributed by atoms with Crippen LogP contribution in [0.1, 0.15) is 37.7 Å². The molecule has 0 saturated heterocycles. The Kier molecular flexibility index (Phi) is 3.13. The van der Waals surface area contributed by atoms with E-state index in [0.29, 0.717) is 0 Å². The van der Waals surface area contributed by atoms with Gasteiger partial charge in [0.1, 0.15) is 11.9 Å². The largest absolute Gasteiger partial charge is 0.495 e. The van der Waals surface area contributed by atoms with E-state index in [-0.39, 0.29) is 5.41 Å². The van der Waals surface area contributed by atoms with Gasteiger partial charge in [-0.25, -0.2) is 0 Å². The van der Waals surface area contributed by atoms with Crippen LogP contribution in [0.15, 0.2) is 42.2 Å². The van der Waals surface area contributed by atoms with Crippen molar-refractivity contribution in [2.75, 3.05) is 6.61 Å². The Hall–Kier alpha value is -1.28. The Bertz CT molecular complexity index is 430. The molecular weight excluding hydrogens is 224 g/mol. The highest BCUT2D eigenvalue weighted by Crippen LogP contribution is 2.46. The number of ether oxygens (including phenoxy) is 1. The van der Waals surface area contributed by atoms with Crippen LogP contribution in [-0.4, -0.2) is 17.8 Å². The van der Waals surface area contributed by atoms with Crippen molar-refractivity contribution in [3.8, 4) is 0 Å². The maximum Gasteiger partial charge on any atom is 0.122 e. The van der Waals surface area contributed by atoms with Crippen LogP contribution in [0, 0.1) is 0 Å². The van der Waals surface area contributed by atoms with E-state index < -0.39 is 6.10 Å². The predicted octanol–water partition coefficient (Wildman–Crippen LogP) is 3.16. The first kappa shape index (κ1) is 11.8. The van der Waals surface area contributed by atoms with E-state index in [1.165, 1.54) is 18.4 Å². The van der Waals surface area contributed by atoms with E-state index in [1.807, 2.05) is 12.1 Å². The van der Waals surface area contributed by atoms with Crippen LogP contribution >= 0.6 is 0 Å². The Morgan fingerprint density at radius 3 is 2.44 bits per heavy atom. The van der Waals surface area contributed by atoms with Gasteiger partial charge in [0.25, 0.3) is 0 Å². The summed E-state index contributed by atoms with van der Waals surface area (Å²) in [6, 6.07) is 10.4. The Morgan fingerprint density at radius 2 is 1.83 bits per heavy atom. The van der Waals surface area contributed by atoms with Crippen molar-refractivity contribution in [3.05, 3.63) is 47.7 Å². The van der Waals surface area contributed by atoms with Gasteiger partial charge in [0.15, 0.2) is 0 Å². The second-order valence-corrected chi connectivity index (χ2v) is 5.38. The van der Waals surface area contributed by atoms with E-state index in [9.17, 15) is 5.11 Å². The number of aliphatic hydroxyl groups excluding tert-OH is 1. The third-order valence-corrected chi connectivity index (χ3v) is 4.37. The highest BCUT2D eigenvalue weighted by Gasteiger charge is 2.44. The Labute approximate surface area is 108 Å². The lowest BCUT2D eigenvalue weighted by Gasteiger charge is -2.35. The summed E-state index contributed by atoms with van der Waals surface area (Å²) in [5.74, 6) is 0.792.